The molecule has 0 unspecified atom stereocenters. The van der Waals surface area contributed by atoms with Crippen LogP contribution in [0.25, 0.3) is 0 Å². The van der Waals surface area contributed by atoms with Gasteiger partial charge in [0.25, 0.3) is 0 Å². The smallest absolute Gasteiger partial charge is 0.317 e. The van der Waals surface area contributed by atoms with E-state index in [4.69, 9.17) is 4.74 Å². The molecule has 0 saturated heterocycles. The Morgan fingerprint density at radius 2 is 1.68 bits per heavy atom. The number of rotatable bonds is 9. The SMILES string of the molecule is CN(C[C@H](O)COCc1ccccc1)C(=O)NCCc1ccccc1. The maximum atomic E-state index is 12.0. The Kier molecular flexibility index (Phi) is 7.95. The van der Waals surface area contributed by atoms with Gasteiger partial charge in [0.1, 0.15) is 0 Å². The number of benzene rings is 2. The maximum Gasteiger partial charge on any atom is 0.317 e. The third-order valence-corrected chi connectivity index (χ3v) is 3.79. The molecule has 0 bridgehead atoms. The zero-order valence-electron chi connectivity index (χ0n) is 14.6. The van der Waals surface area contributed by atoms with Crippen LogP contribution >= 0.6 is 0 Å². The summed E-state index contributed by atoms with van der Waals surface area (Å²) in [7, 11) is 1.66. The van der Waals surface area contributed by atoms with Gasteiger partial charge in [-0.3, -0.25) is 0 Å². The number of ether oxygens (including phenoxy) is 1. The second-order valence-corrected chi connectivity index (χ2v) is 6.00. The minimum Gasteiger partial charge on any atom is -0.389 e. The Balaban J connectivity index is 1.60. The molecule has 0 aliphatic rings. The van der Waals surface area contributed by atoms with Gasteiger partial charge in [-0.1, -0.05) is 60.7 Å². The molecule has 5 heteroatoms. The summed E-state index contributed by atoms with van der Waals surface area (Å²) in [5, 5.41) is 12.9. The van der Waals surface area contributed by atoms with Gasteiger partial charge >= 0.3 is 6.03 Å². The summed E-state index contributed by atoms with van der Waals surface area (Å²) in [5.41, 5.74) is 2.24. The van der Waals surface area contributed by atoms with Gasteiger partial charge in [0.15, 0.2) is 0 Å². The van der Waals surface area contributed by atoms with E-state index in [1.54, 1.807) is 7.05 Å². The molecule has 0 fully saturated rings. The Labute approximate surface area is 149 Å². The van der Waals surface area contributed by atoms with Crippen LogP contribution in [0.1, 0.15) is 11.1 Å². The molecule has 0 saturated carbocycles. The number of carbonyl (C=O) groups is 1. The number of hydrogen-bond donors (Lipinski definition) is 2. The second-order valence-electron chi connectivity index (χ2n) is 6.00. The van der Waals surface area contributed by atoms with Crippen LogP contribution < -0.4 is 5.32 Å². The average molecular weight is 342 g/mol. The maximum absolute atomic E-state index is 12.0. The summed E-state index contributed by atoms with van der Waals surface area (Å²) in [6.45, 7) is 1.43. The molecular formula is C20H26N2O3. The molecule has 0 heterocycles. The number of likely N-dealkylation sites (N-methyl/N-ethyl adjacent to an activating group) is 1. The van der Waals surface area contributed by atoms with E-state index in [0.29, 0.717) is 13.2 Å². The molecule has 5 nitrogen and oxygen atoms in total. The first kappa shape index (κ1) is 19.0. The van der Waals surface area contributed by atoms with Crippen molar-refractivity contribution in [2.24, 2.45) is 0 Å². The van der Waals surface area contributed by atoms with E-state index in [9.17, 15) is 9.90 Å². The first-order chi connectivity index (χ1) is 12.1. The third-order valence-electron chi connectivity index (χ3n) is 3.79. The van der Waals surface area contributed by atoms with Crippen molar-refractivity contribution in [2.45, 2.75) is 19.1 Å². The molecule has 0 aliphatic heterocycles. The third kappa shape index (κ3) is 7.37. The van der Waals surface area contributed by atoms with Crippen molar-refractivity contribution in [3.8, 4) is 0 Å². The molecule has 2 amide bonds. The lowest BCUT2D eigenvalue weighted by atomic mass is 10.1. The largest absolute Gasteiger partial charge is 0.389 e. The molecule has 0 aliphatic carbocycles. The monoisotopic (exact) mass is 342 g/mol. The van der Waals surface area contributed by atoms with Gasteiger partial charge in [0, 0.05) is 13.6 Å². The fourth-order valence-corrected chi connectivity index (χ4v) is 2.43. The summed E-state index contributed by atoms with van der Waals surface area (Å²) < 4.78 is 5.49. The van der Waals surface area contributed by atoms with Gasteiger partial charge in [-0.25, -0.2) is 4.79 Å². The predicted octanol–water partition coefficient (Wildman–Crippen LogP) is 2.45. The summed E-state index contributed by atoms with van der Waals surface area (Å²) in [4.78, 5) is 13.5. The van der Waals surface area contributed by atoms with Gasteiger partial charge in [-0.05, 0) is 17.5 Å². The van der Waals surface area contributed by atoms with Gasteiger partial charge in [0.05, 0.1) is 25.9 Å². The van der Waals surface area contributed by atoms with Crippen molar-refractivity contribution in [3.63, 3.8) is 0 Å². The topological polar surface area (TPSA) is 61.8 Å². The number of aliphatic hydroxyl groups is 1. The van der Waals surface area contributed by atoms with Crippen molar-refractivity contribution in [2.75, 3.05) is 26.7 Å². The molecule has 2 rings (SSSR count). The second kappa shape index (κ2) is 10.5. The van der Waals surface area contributed by atoms with Crippen LogP contribution in [0.5, 0.6) is 0 Å². The summed E-state index contributed by atoms with van der Waals surface area (Å²) in [6, 6.07) is 19.6. The van der Waals surface area contributed by atoms with E-state index in [1.807, 2.05) is 60.7 Å². The highest BCUT2D eigenvalue weighted by Gasteiger charge is 2.13. The van der Waals surface area contributed by atoms with Crippen LogP contribution in [0.4, 0.5) is 4.79 Å². The van der Waals surface area contributed by atoms with Crippen LogP contribution in [0, 0.1) is 0 Å². The zero-order valence-corrected chi connectivity index (χ0v) is 14.6. The zero-order chi connectivity index (χ0) is 17.9. The Morgan fingerprint density at radius 3 is 2.32 bits per heavy atom. The Hall–Kier alpha value is -2.37. The predicted molar refractivity (Wildman–Crippen MR) is 98.3 cm³/mol. The first-order valence-corrected chi connectivity index (χ1v) is 8.48. The minimum atomic E-state index is -0.714. The van der Waals surface area contributed by atoms with Crippen LogP contribution in [0.3, 0.4) is 0 Å². The summed E-state index contributed by atoms with van der Waals surface area (Å²) in [5.74, 6) is 0. The summed E-state index contributed by atoms with van der Waals surface area (Å²) in [6.07, 6.45) is 0.0666. The lowest BCUT2D eigenvalue weighted by molar-refractivity contribution is 0.0181. The highest BCUT2D eigenvalue weighted by Crippen LogP contribution is 2.02. The Morgan fingerprint density at radius 1 is 1.08 bits per heavy atom. The van der Waals surface area contributed by atoms with Gasteiger partial charge in [-0.2, -0.15) is 0 Å². The fourth-order valence-electron chi connectivity index (χ4n) is 2.43. The van der Waals surface area contributed by atoms with Crippen molar-refractivity contribution in [1.29, 1.82) is 0 Å². The first-order valence-electron chi connectivity index (χ1n) is 8.48. The van der Waals surface area contributed by atoms with Crippen LogP contribution in [0.15, 0.2) is 60.7 Å². The minimum absolute atomic E-state index is 0.191. The lowest BCUT2D eigenvalue weighted by Gasteiger charge is -2.21. The number of urea groups is 1. The molecule has 2 aromatic rings. The van der Waals surface area contributed by atoms with E-state index >= 15 is 0 Å². The Bertz CT molecular complexity index is 619. The van der Waals surface area contributed by atoms with Gasteiger partial charge in [0.2, 0.25) is 0 Å². The van der Waals surface area contributed by atoms with Crippen molar-refractivity contribution in [1.82, 2.24) is 10.2 Å². The van der Waals surface area contributed by atoms with E-state index in [2.05, 4.69) is 5.32 Å². The standard InChI is InChI=1S/C20H26N2O3/c1-22(20(24)21-13-12-17-8-4-2-5-9-17)14-19(23)16-25-15-18-10-6-3-7-11-18/h2-11,19,23H,12-16H2,1H3,(H,21,24)/t19-/m0/s1. The normalized spacial score (nSPS) is 11.8. The number of hydrogen-bond acceptors (Lipinski definition) is 3. The molecule has 2 N–H and O–H groups in total. The molecule has 0 radical (unpaired) electrons. The number of nitrogens with one attached hydrogen (secondary N) is 1. The van der Waals surface area contributed by atoms with E-state index in [-0.39, 0.29) is 19.2 Å². The van der Waals surface area contributed by atoms with Gasteiger partial charge < -0.3 is 20.1 Å². The number of amides is 2. The van der Waals surface area contributed by atoms with Crippen molar-refractivity contribution >= 4 is 6.03 Å². The van der Waals surface area contributed by atoms with Crippen LogP contribution in [0.2, 0.25) is 0 Å². The molecule has 2 aromatic carbocycles. The molecule has 0 aromatic heterocycles. The van der Waals surface area contributed by atoms with Crippen molar-refractivity contribution < 1.29 is 14.6 Å². The van der Waals surface area contributed by atoms with Crippen LogP contribution in [-0.2, 0) is 17.8 Å². The molecule has 25 heavy (non-hydrogen) atoms. The van der Waals surface area contributed by atoms with E-state index in [0.717, 1.165) is 12.0 Å². The molecule has 1 atom stereocenters. The highest BCUT2D eigenvalue weighted by molar-refractivity contribution is 5.73. The summed E-state index contributed by atoms with van der Waals surface area (Å²) >= 11 is 0. The quantitative estimate of drug-likeness (QED) is 0.736. The van der Waals surface area contributed by atoms with E-state index in [1.165, 1.54) is 10.5 Å². The molecular weight excluding hydrogens is 316 g/mol. The average Bonchev–Trinajstić information content (AvgIpc) is 2.63. The van der Waals surface area contributed by atoms with Gasteiger partial charge in [-0.15, -0.1) is 0 Å². The molecule has 134 valence electrons. The highest BCUT2D eigenvalue weighted by atomic mass is 16.5. The fraction of sp³-hybridized carbons (Fsp3) is 0.350. The number of carbonyl (C=O) groups excluding carboxylic acids is 1. The number of nitrogens with zero attached hydrogens (tertiary/aromatic N) is 1. The van der Waals surface area contributed by atoms with E-state index < -0.39 is 6.10 Å². The van der Waals surface area contributed by atoms with Crippen LogP contribution in [-0.4, -0.2) is 48.9 Å². The van der Waals surface area contributed by atoms with Crippen molar-refractivity contribution in [3.05, 3.63) is 71.8 Å². The molecule has 0 spiro atoms. The lowest BCUT2D eigenvalue weighted by Crippen LogP contribution is -2.42. The number of aliphatic hydroxyl groups excluding tert-OH is 1.